The summed E-state index contributed by atoms with van der Waals surface area (Å²) in [6.07, 6.45) is 3.93. The molecule has 0 aromatic carbocycles. The lowest BCUT2D eigenvalue weighted by molar-refractivity contribution is 0.117. The van der Waals surface area contributed by atoms with Crippen molar-refractivity contribution in [1.82, 2.24) is 15.6 Å². The molecule has 1 aromatic heterocycles. The molecule has 0 saturated heterocycles. The molecular formula is C14H23N3O2S. The van der Waals surface area contributed by atoms with Gasteiger partial charge in [0, 0.05) is 23.9 Å². The van der Waals surface area contributed by atoms with Crippen LogP contribution >= 0.6 is 11.3 Å². The van der Waals surface area contributed by atoms with E-state index in [0.717, 1.165) is 42.8 Å². The number of thiazole rings is 1. The third-order valence-electron chi connectivity index (χ3n) is 3.67. The SMILES string of the molecule is Cc1nc(C)c(CCNC(=O)NC2CCC(O)CC2)s1. The summed E-state index contributed by atoms with van der Waals surface area (Å²) in [6.45, 7) is 4.63. The van der Waals surface area contributed by atoms with Crippen molar-refractivity contribution in [1.29, 1.82) is 0 Å². The van der Waals surface area contributed by atoms with Gasteiger partial charge in [-0.3, -0.25) is 0 Å². The van der Waals surface area contributed by atoms with Gasteiger partial charge in [0.1, 0.15) is 0 Å². The summed E-state index contributed by atoms with van der Waals surface area (Å²) in [5.41, 5.74) is 1.07. The second kappa shape index (κ2) is 7.04. The van der Waals surface area contributed by atoms with Gasteiger partial charge in [-0.15, -0.1) is 11.3 Å². The van der Waals surface area contributed by atoms with Gasteiger partial charge in [0.25, 0.3) is 0 Å². The van der Waals surface area contributed by atoms with Gasteiger partial charge in [-0.25, -0.2) is 9.78 Å². The first-order valence-corrected chi connectivity index (χ1v) is 8.01. The number of aromatic nitrogens is 1. The van der Waals surface area contributed by atoms with E-state index in [1.54, 1.807) is 11.3 Å². The number of aryl methyl sites for hydroxylation is 2. The van der Waals surface area contributed by atoms with Gasteiger partial charge in [0.05, 0.1) is 16.8 Å². The van der Waals surface area contributed by atoms with Crippen molar-refractivity contribution in [3.8, 4) is 0 Å². The molecule has 0 bridgehead atoms. The van der Waals surface area contributed by atoms with E-state index >= 15 is 0 Å². The monoisotopic (exact) mass is 297 g/mol. The lowest BCUT2D eigenvalue weighted by Gasteiger charge is -2.26. The van der Waals surface area contributed by atoms with E-state index in [1.165, 1.54) is 4.88 Å². The Hall–Kier alpha value is -1.14. The fourth-order valence-corrected chi connectivity index (χ4v) is 3.49. The van der Waals surface area contributed by atoms with Gasteiger partial charge in [0.2, 0.25) is 0 Å². The first kappa shape index (κ1) is 15.3. The maximum atomic E-state index is 11.8. The summed E-state index contributed by atoms with van der Waals surface area (Å²) < 4.78 is 0. The summed E-state index contributed by atoms with van der Waals surface area (Å²) in [6, 6.07) is 0.0936. The van der Waals surface area contributed by atoms with Crippen LogP contribution in [0.5, 0.6) is 0 Å². The highest BCUT2D eigenvalue weighted by Crippen LogP contribution is 2.18. The summed E-state index contributed by atoms with van der Waals surface area (Å²) in [4.78, 5) is 17.4. The molecule has 5 nitrogen and oxygen atoms in total. The number of urea groups is 1. The molecule has 0 aliphatic heterocycles. The average Bonchev–Trinajstić information content (AvgIpc) is 2.71. The predicted octanol–water partition coefficient (Wildman–Crippen LogP) is 1.91. The molecule has 6 heteroatoms. The number of aliphatic hydroxyl groups excluding tert-OH is 1. The summed E-state index contributed by atoms with van der Waals surface area (Å²) >= 11 is 1.69. The predicted molar refractivity (Wildman–Crippen MR) is 80.1 cm³/mol. The summed E-state index contributed by atoms with van der Waals surface area (Å²) in [5.74, 6) is 0. The van der Waals surface area contributed by atoms with Crippen molar-refractivity contribution < 1.29 is 9.90 Å². The zero-order valence-electron chi connectivity index (χ0n) is 12.1. The fraction of sp³-hybridized carbons (Fsp3) is 0.714. The highest BCUT2D eigenvalue weighted by molar-refractivity contribution is 7.11. The lowest BCUT2D eigenvalue weighted by atomic mass is 9.93. The number of hydrogen-bond donors (Lipinski definition) is 3. The average molecular weight is 297 g/mol. The van der Waals surface area contributed by atoms with Crippen LogP contribution in [0.1, 0.15) is 41.3 Å². The van der Waals surface area contributed by atoms with Crippen LogP contribution in [0.3, 0.4) is 0 Å². The van der Waals surface area contributed by atoms with Crippen LogP contribution in [0.25, 0.3) is 0 Å². The van der Waals surface area contributed by atoms with Gasteiger partial charge in [-0.1, -0.05) is 0 Å². The number of hydrogen-bond acceptors (Lipinski definition) is 4. The second-order valence-corrected chi connectivity index (χ2v) is 6.68. The van der Waals surface area contributed by atoms with Crippen LogP contribution < -0.4 is 10.6 Å². The number of nitrogens with zero attached hydrogens (tertiary/aromatic N) is 1. The molecule has 1 heterocycles. The Morgan fingerprint density at radius 3 is 2.65 bits per heavy atom. The van der Waals surface area contributed by atoms with Crippen LogP contribution in [0.15, 0.2) is 0 Å². The van der Waals surface area contributed by atoms with E-state index in [9.17, 15) is 9.90 Å². The Morgan fingerprint density at radius 2 is 2.05 bits per heavy atom. The van der Waals surface area contributed by atoms with Crippen molar-refractivity contribution in [3.05, 3.63) is 15.6 Å². The van der Waals surface area contributed by atoms with Crippen molar-refractivity contribution in [2.24, 2.45) is 0 Å². The topological polar surface area (TPSA) is 74.2 Å². The molecule has 0 spiro atoms. The van der Waals surface area contributed by atoms with Crippen LogP contribution in [0, 0.1) is 13.8 Å². The largest absolute Gasteiger partial charge is 0.393 e. The first-order chi connectivity index (χ1) is 9.54. The van der Waals surface area contributed by atoms with E-state index < -0.39 is 0 Å². The number of carbonyl (C=O) groups is 1. The van der Waals surface area contributed by atoms with Gasteiger partial charge in [0.15, 0.2) is 0 Å². The maximum absolute atomic E-state index is 11.8. The van der Waals surface area contributed by atoms with E-state index in [1.807, 2.05) is 13.8 Å². The number of carbonyl (C=O) groups excluding carboxylic acids is 1. The molecule has 0 atom stereocenters. The molecule has 0 radical (unpaired) electrons. The number of nitrogens with one attached hydrogen (secondary N) is 2. The Labute approximate surface area is 123 Å². The Morgan fingerprint density at radius 1 is 1.35 bits per heavy atom. The van der Waals surface area contributed by atoms with Crippen LogP contribution in [0.2, 0.25) is 0 Å². The minimum absolute atomic E-state index is 0.106. The van der Waals surface area contributed by atoms with Crippen molar-refractivity contribution in [2.45, 2.75) is 58.1 Å². The van der Waals surface area contributed by atoms with Crippen LogP contribution in [-0.2, 0) is 6.42 Å². The number of rotatable bonds is 4. The summed E-state index contributed by atoms with van der Waals surface area (Å²) in [7, 11) is 0. The number of amides is 2. The van der Waals surface area contributed by atoms with E-state index in [-0.39, 0.29) is 18.2 Å². The van der Waals surface area contributed by atoms with Crippen molar-refractivity contribution in [2.75, 3.05) is 6.54 Å². The molecule has 1 aliphatic carbocycles. The molecule has 3 N–H and O–H groups in total. The number of aliphatic hydroxyl groups is 1. The standard InChI is InChI=1S/C14H23N3O2S/c1-9-13(20-10(2)16-9)7-8-15-14(19)17-11-3-5-12(18)6-4-11/h11-12,18H,3-8H2,1-2H3,(H2,15,17,19). The molecule has 112 valence electrons. The highest BCUT2D eigenvalue weighted by atomic mass is 32.1. The van der Waals surface area contributed by atoms with Gasteiger partial charge in [-0.05, 0) is 39.5 Å². The molecule has 0 unspecified atom stereocenters. The zero-order chi connectivity index (χ0) is 14.5. The molecule has 1 saturated carbocycles. The third-order valence-corrected chi connectivity index (χ3v) is 4.80. The minimum atomic E-state index is -0.186. The minimum Gasteiger partial charge on any atom is -0.393 e. The van der Waals surface area contributed by atoms with E-state index in [2.05, 4.69) is 15.6 Å². The fourth-order valence-electron chi connectivity index (χ4n) is 2.55. The first-order valence-electron chi connectivity index (χ1n) is 7.20. The Kier molecular flexibility index (Phi) is 5.37. The van der Waals surface area contributed by atoms with Crippen LogP contribution in [0.4, 0.5) is 4.79 Å². The van der Waals surface area contributed by atoms with Crippen molar-refractivity contribution >= 4 is 17.4 Å². The third kappa shape index (κ3) is 4.45. The van der Waals surface area contributed by atoms with Gasteiger partial charge in [-0.2, -0.15) is 0 Å². The molecule has 1 aliphatic rings. The highest BCUT2D eigenvalue weighted by Gasteiger charge is 2.20. The smallest absolute Gasteiger partial charge is 0.315 e. The lowest BCUT2D eigenvalue weighted by Crippen LogP contribution is -2.44. The molecule has 2 rings (SSSR count). The Balaban J connectivity index is 1.66. The molecule has 20 heavy (non-hydrogen) atoms. The molecular weight excluding hydrogens is 274 g/mol. The maximum Gasteiger partial charge on any atom is 0.315 e. The molecule has 2 amide bonds. The normalized spacial score (nSPS) is 22.6. The van der Waals surface area contributed by atoms with E-state index in [4.69, 9.17) is 0 Å². The van der Waals surface area contributed by atoms with E-state index in [0.29, 0.717) is 6.54 Å². The zero-order valence-corrected chi connectivity index (χ0v) is 12.9. The Bertz CT molecular complexity index is 453. The van der Waals surface area contributed by atoms with Crippen molar-refractivity contribution in [3.63, 3.8) is 0 Å². The van der Waals surface area contributed by atoms with Crippen LogP contribution in [-0.4, -0.2) is 34.8 Å². The molecule has 1 fully saturated rings. The quantitative estimate of drug-likeness (QED) is 0.794. The van der Waals surface area contributed by atoms with Gasteiger partial charge < -0.3 is 15.7 Å². The summed E-state index contributed by atoms with van der Waals surface area (Å²) in [5, 5.41) is 16.4. The second-order valence-electron chi connectivity index (χ2n) is 5.40. The van der Waals surface area contributed by atoms with Gasteiger partial charge >= 0.3 is 6.03 Å². The molecule has 1 aromatic rings.